The van der Waals surface area contributed by atoms with Crippen LogP contribution in [0.1, 0.15) is 17.0 Å². The quantitative estimate of drug-likeness (QED) is 0.555. The van der Waals surface area contributed by atoms with Crippen molar-refractivity contribution >= 4 is 16.7 Å². The summed E-state index contributed by atoms with van der Waals surface area (Å²) in [5.41, 5.74) is 2.29. The van der Waals surface area contributed by atoms with E-state index in [1.807, 2.05) is 66.7 Å². The highest BCUT2D eigenvalue weighted by molar-refractivity contribution is 5.84. The summed E-state index contributed by atoms with van der Waals surface area (Å²) in [6, 6.07) is 22.6. The number of nitrogens with zero attached hydrogens (tertiary/aromatic N) is 3. The van der Waals surface area contributed by atoms with Gasteiger partial charge in [-0.25, -0.2) is 4.68 Å². The van der Waals surface area contributed by atoms with Gasteiger partial charge in [0.05, 0.1) is 11.1 Å². The van der Waals surface area contributed by atoms with E-state index in [1.165, 1.54) is 4.68 Å². The average Bonchev–Trinajstić information content (AvgIpc) is 2.77. The Morgan fingerprint density at radius 3 is 2.38 bits per heavy atom. The lowest BCUT2D eigenvalue weighted by atomic mass is 10.1. The Bertz CT molecular complexity index is 1190. The molecule has 0 atom stereocenters. The highest BCUT2D eigenvalue weighted by Crippen LogP contribution is 2.16. The van der Waals surface area contributed by atoms with Gasteiger partial charge in [-0.1, -0.05) is 54.6 Å². The molecule has 1 amide bonds. The van der Waals surface area contributed by atoms with E-state index >= 15 is 0 Å². The predicted molar refractivity (Wildman–Crippen MR) is 111 cm³/mol. The SMILES string of the molecule is O=C(Cn1nc(Cc2ccccn2)c2ccccc2c1=O)NCc1ccccc1. The zero-order valence-corrected chi connectivity index (χ0v) is 15.8. The van der Waals surface area contributed by atoms with Crippen LogP contribution in [-0.4, -0.2) is 20.7 Å². The summed E-state index contributed by atoms with van der Waals surface area (Å²) in [5.74, 6) is -0.262. The van der Waals surface area contributed by atoms with Gasteiger partial charge < -0.3 is 5.32 Å². The zero-order chi connectivity index (χ0) is 20.1. The Balaban J connectivity index is 1.61. The van der Waals surface area contributed by atoms with Gasteiger partial charge in [-0.3, -0.25) is 14.6 Å². The Morgan fingerprint density at radius 1 is 0.897 bits per heavy atom. The van der Waals surface area contributed by atoms with Crippen LogP contribution in [0.2, 0.25) is 0 Å². The summed E-state index contributed by atoms with van der Waals surface area (Å²) in [6.45, 7) is 0.272. The molecular weight excluding hydrogens is 364 g/mol. The molecule has 0 aliphatic heterocycles. The smallest absolute Gasteiger partial charge is 0.275 e. The molecule has 4 rings (SSSR count). The third-order valence-electron chi connectivity index (χ3n) is 4.64. The second kappa shape index (κ2) is 8.48. The van der Waals surface area contributed by atoms with Crippen LogP contribution in [0.15, 0.2) is 83.8 Å². The number of hydrogen-bond acceptors (Lipinski definition) is 4. The molecule has 2 aromatic carbocycles. The van der Waals surface area contributed by atoms with Gasteiger partial charge in [-0.05, 0) is 23.8 Å². The van der Waals surface area contributed by atoms with E-state index in [2.05, 4.69) is 15.4 Å². The minimum atomic E-state index is -0.278. The zero-order valence-electron chi connectivity index (χ0n) is 15.8. The number of rotatable bonds is 6. The first-order valence-corrected chi connectivity index (χ1v) is 9.40. The number of fused-ring (bicyclic) bond motifs is 1. The van der Waals surface area contributed by atoms with Gasteiger partial charge >= 0.3 is 0 Å². The third-order valence-corrected chi connectivity index (χ3v) is 4.64. The topological polar surface area (TPSA) is 76.9 Å². The molecule has 2 heterocycles. The first-order chi connectivity index (χ1) is 14.2. The number of pyridine rings is 1. The predicted octanol–water partition coefficient (Wildman–Crippen LogP) is 2.70. The normalized spacial score (nSPS) is 10.8. The van der Waals surface area contributed by atoms with Crippen molar-refractivity contribution in [2.45, 2.75) is 19.5 Å². The molecule has 0 radical (unpaired) electrons. The molecule has 6 nitrogen and oxygen atoms in total. The third kappa shape index (κ3) is 4.38. The first kappa shape index (κ1) is 18.6. The van der Waals surface area contributed by atoms with Crippen molar-refractivity contribution in [2.24, 2.45) is 0 Å². The lowest BCUT2D eigenvalue weighted by molar-refractivity contribution is -0.122. The van der Waals surface area contributed by atoms with E-state index in [0.29, 0.717) is 18.4 Å². The summed E-state index contributed by atoms with van der Waals surface area (Å²) < 4.78 is 1.24. The van der Waals surface area contributed by atoms with Gasteiger partial charge in [-0.15, -0.1) is 0 Å². The number of amides is 1. The van der Waals surface area contributed by atoms with Gasteiger partial charge in [-0.2, -0.15) is 5.10 Å². The monoisotopic (exact) mass is 384 g/mol. The molecule has 0 saturated carbocycles. The summed E-state index contributed by atoms with van der Waals surface area (Å²) >= 11 is 0. The molecule has 0 aliphatic carbocycles. The van der Waals surface area contributed by atoms with E-state index in [4.69, 9.17) is 0 Å². The van der Waals surface area contributed by atoms with Crippen molar-refractivity contribution in [3.8, 4) is 0 Å². The lowest BCUT2D eigenvalue weighted by Crippen LogP contribution is -2.34. The molecule has 2 aromatic heterocycles. The Kier molecular flexibility index (Phi) is 5.42. The maximum absolute atomic E-state index is 12.8. The second-order valence-electron chi connectivity index (χ2n) is 6.72. The van der Waals surface area contributed by atoms with Gasteiger partial charge in [0.1, 0.15) is 6.54 Å². The molecule has 6 heteroatoms. The number of hydrogen-bond donors (Lipinski definition) is 1. The number of carbonyl (C=O) groups excluding carboxylic acids is 1. The molecule has 1 N–H and O–H groups in total. The average molecular weight is 384 g/mol. The maximum Gasteiger partial charge on any atom is 0.275 e. The van der Waals surface area contributed by atoms with Crippen molar-refractivity contribution in [2.75, 3.05) is 0 Å². The molecule has 29 heavy (non-hydrogen) atoms. The lowest BCUT2D eigenvalue weighted by Gasteiger charge is -2.11. The molecule has 0 aliphatic rings. The summed E-state index contributed by atoms with van der Waals surface area (Å²) in [5, 5.41) is 8.66. The van der Waals surface area contributed by atoms with Crippen molar-refractivity contribution in [3.05, 3.63) is 106 Å². The van der Waals surface area contributed by atoms with E-state index in [0.717, 1.165) is 22.3 Å². The number of nitrogens with one attached hydrogen (secondary N) is 1. The van der Waals surface area contributed by atoms with Crippen LogP contribution in [0.5, 0.6) is 0 Å². The molecular formula is C23H20N4O2. The Hall–Kier alpha value is -3.80. The molecule has 0 bridgehead atoms. The minimum Gasteiger partial charge on any atom is -0.350 e. The summed E-state index contributed by atoms with van der Waals surface area (Å²) in [6.07, 6.45) is 2.21. The molecule has 0 saturated heterocycles. The molecule has 0 spiro atoms. The highest BCUT2D eigenvalue weighted by Gasteiger charge is 2.13. The van der Waals surface area contributed by atoms with Gasteiger partial charge in [0.2, 0.25) is 5.91 Å². The number of aromatic nitrogens is 3. The van der Waals surface area contributed by atoms with Crippen LogP contribution in [-0.2, 0) is 24.3 Å². The molecule has 0 fully saturated rings. The fourth-order valence-electron chi connectivity index (χ4n) is 3.21. The fourth-order valence-corrected chi connectivity index (χ4v) is 3.21. The Morgan fingerprint density at radius 2 is 1.62 bits per heavy atom. The number of carbonyl (C=O) groups is 1. The van der Waals surface area contributed by atoms with E-state index < -0.39 is 0 Å². The first-order valence-electron chi connectivity index (χ1n) is 9.40. The number of benzene rings is 2. The fraction of sp³-hybridized carbons (Fsp3) is 0.130. The largest absolute Gasteiger partial charge is 0.350 e. The van der Waals surface area contributed by atoms with Gasteiger partial charge in [0, 0.05) is 30.2 Å². The van der Waals surface area contributed by atoms with E-state index in [1.54, 1.807) is 12.3 Å². The second-order valence-corrected chi connectivity index (χ2v) is 6.72. The standard InChI is InChI=1S/C23H20N4O2/c28-22(25-15-17-8-2-1-3-9-17)16-27-23(29)20-12-5-4-11-19(20)21(26-27)14-18-10-6-7-13-24-18/h1-13H,14-16H2,(H,25,28). The van der Waals surface area contributed by atoms with E-state index in [-0.39, 0.29) is 18.0 Å². The van der Waals surface area contributed by atoms with Crippen molar-refractivity contribution < 1.29 is 4.79 Å². The van der Waals surface area contributed by atoms with Crippen molar-refractivity contribution in [3.63, 3.8) is 0 Å². The van der Waals surface area contributed by atoms with Crippen LogP contribution in [0.3, 0.4) is 0 Å². The van der Waals surface area contributed by atoms with Crippen LogP contribution in [0.25, 0.3) is 10.8 Å². The Labute approximate surface area is 167 Å². The minimum absolute atomic E-state index is 0.133. The summed E-state index contributed by atoms with van der Waals surface area (Å²) in [7, 11) is 0. The van der Waals surface area contributed by atoms with Crippen molar-refractivity contribution in [1.29, 1.82) is 0 Å². The summed E-state index contributed by atoms with van der Waals surface area (Å²) in [4.78, 5) is 29.6. The molecule has 144 valence electrons. The van der Waals surface area contributed by atoms with E-state index in [9.17, 15) is 9.59 Å². The van der Waals surface area contributed by atoms with Crippen molar-refractivity contribution in [1.82, 2.24) is 20.1 Å². The molecule has 0 unspecified atom stereocenters. The maximum atomic E-state index is 12.8. The van der Waals surface area contributed by atoms with Crippen LogP contribution < -0.4 is 10.9 Å². The van der Waals surface area contributed by atoms with Gasteiger partial charge in [0.15, 0.2) is 0 Å². The van der Waals surface area contributed by atoms with Crippen LogP contribution in [0.4, 0.5) is 0 Å². The van der Waals surface area contributed by atoms with Crippen LogP contribution in [0, 0.1) is 0 Å². The van der Waals surface area contributed by atoms with Crippen LogP contribution >= 0.6 is 0 Å². The molecule has 4 aromatic rings. The van der Waals surface area contributed by atoms with Gasteiger partial charge in [0.25, 0.3) is 5.56 Å². The highest BCUT2D eigenvalue weighted by atomic mass is 16.2.